The van der Waals surface area contributed by atoms with Gasteiger partial charge in [-0.1, -0.05) is 53.5 Å². The van der Waals surface area contributed by atoms with Crippen molar-refractivity contribution in [2.24, 2.45) is 0 Å². The summed E-state index contributed by atoms with van der Waals surface area (Å²) in [7, 11) is 0. The lowest BCUT2D eigenvalue weighted by Gasteiger charge is -2.11. The van der Waals surface area contributed by atoms with Gasteiger partial charge >= 0.3 is 0 Å². The number of hydrogen-bond acceptors (Lipinski definition) is 3. The summed E-state index contributed by atoms with van der Waals surface area (Å²) >= 11 is 11.9. The van der Waals surface area contributed by atoms with Crippen molar-refractivity contribution in [3.8, 4) is 5.75 Å². The van der Waals surface area contributed by atoms with Gasteiger partial charge in [0.1, 0.15) is 12.4 Å². The predicted molar refractivity (Wildman–Crippen MR) is 106 cm³/mol. The van der Waals surface area contributed by atoms with Crippen LogP contribution in [0.4, 0.5) is 11.4 Å². The summed E-state index contributed by atoms with van der Waals surface area (Å²) in [6.45, 7) is 0.476. The fraction of sp³-hybridized carbons (Fsp3) is 0.0500. The Kier molecular flexibility index (Phi) is 5.66. The Morgan fingerprint density at radius 1 is 1.00 bits per heavy atom. The number of nitrogens with one attached hydrogen (secondary N) is 1. The van der Waals surface area contributed by atoms with Gasteiger partial charge in [-0.05, 0) is 42.0 Å². The van der Waals surface area contributed by atoms with Crippen molar-refractivity contribution in [1.82, 2.24) is 0 Å². The van der Waals surface area contributed by atoms with Gasteiger partial charge in [0, 0.05) is 16.4 Å². The standard InChI is InChI=1S/C20H16Cl2N2O2/c21-14-10-17(22)19(18(23)11-14)20(25)24-15-6-8-16(9-7-15)26-12-13-4-2-1-3-5-13/h1-11H,12,23H2,(H,24,25). The van der Waals surface area contributed by atoms with Crippen LogP contribution < -0.4 is 15.8 Å². The number of anilines is 2. The molecule has 3 aromatic carbocycles. The van der Waals surface area contributed by atoms with E-state index in [-0.39, 0.29) is 16.3 Å². The van der Waals surface area contributed by atoms with E-state index in [1.54, 1.807) is 24.3 Å². The molecule has 0 atom stereocenters. The highest BCUT2D eigenvalue weighted by Crippen LogP contribution is 2.28. The summed E-state index contributed by atoms with van der Waals surface area (Å²) in [6, 6.07) is 19.9. The molecule has 3 aromatic rings. The molecule has 26 heavy (non-hydrogen) atoms. The largest absolute Gasteiger partial charge is 0.489 e. The van der Waals surface area contributed by atoms with Crippen molar-refractivity contribution in [1.29, 1.82) is 0 Å². The molecule has 0 saturated heterocycles. The number of benzene rings is 3. The number of hydrogen-bond donors (Lipinski definition) is 2. The van der Waals surface area contributed by atoms with Gasteiger partial charge in [-0.2, -0.15) is 0 Å². The Morgan fingerprint density at radius 2 is 1.69 bits per heavy atom. The Labute approximate surface area is 161 Å². The van der Waals surface area contributed by atoms with Crippen LogP contribution in [0, 0.1) is 0 Å². The van der Waals surface area contributed by atoms with Gasteiger partial charge in [0.15, 0.2) is 0 Å². The van der Waals surface area contributed by atoms with E-state index < -0.39 is 5.91 Å². The zero-order valence-electron chi connectivity index (χ0n) is 13.7. The first kappa shape index (κ1) is 18.1. The maximum Gasteiger partial charge on any atom is 0.259 e. The van der Waals surface area contributed by atoms with Gasteiger partial charge in [0.25, 0.3) is 5.91 Å². The summed E-state index contributed by atoms with van der Waals surface area (Å²) in [4.78, 5) is 12.4. The molecular formula is C20H16Cl2N2O2. The van der Waals surface area contributed by atoms with E-state index >= 15 is 0 Å². The highest BCUT2D eigenvalue weighted by molar-refractivity contribution is 6.38. The molecule has 0 aliphatic rings. The zero-order chi connectivity index (χ0) is 18.5. The lowest BCUT2D eigenvalue weighted by atomic mass is 10.1. The molecule has 0 aliphatic heterocycles. The number of carbonyl (C=O) groups is 1. The molecule has 0 bridgehead atoms. The number of carbonyl (C=O) groups excluding carboxylic acids is 1. The lowest BCUT2D eigenvalue weighted by Crippen LogP contribution is -2.14. The molecule has 0 aromatic heterocycles. The zero-order valence-corrected chi connectivity index (χ0v) is 15.2. The lowest BCUT2D eigenvalue weighted by molar-refractivity contribution is 0.102. The van der Waals surface area contributed by atoms with Crippen LogP contribution in [0.25, 0.3) is 0 Å². The van der Waals surface area contributed by atoms with Gasteiger partial charge in [0.2, 0.25) is 0 Å². The summed E-state index contributed by atoms with van der Waals surface area (Å²) in [5.74, 6) is 0.304. The fourth-order valence-corrected chi connectivity index (χ4v) is 3.00. The molecule has 0 aliphatic carbocycles. The van der Waals surface area contributed by atoms with E-state index in [0.29, 0.717) is 23.1 Å². The molecule has 0 saturated carbocycles. The van der Waals surface area contributed by atoms with Gasteiger partial charge in [0.05, 0.1) is 10.6 Å². The minimum Gasteiger partial charge on any atom is -0.489 e. The third-order valence-corrected chi connectivity index (χ3v) is 4.19. The van der Waals surface area contributed by atoms with Gasteiger partial charge < -0.3 is 15.8 Å². The summed E-state index contributed by atoms with van der Waals surface area (Å²) in [6.07, 6.45) is 0. The second kappa shape index (κ2) is 8.13. The van der Waals surface area contributed by atoms with Crippen molar-refractivity contribution in [2.45, 2.75) is 6.61 Å². The third-order valence-electron chi connectivity index (χ3n) is 3.67. The minimum atomic E-state index is -0.401. The Morgan fingerprint density at radius 3 is 2.35 bits per heavy atom. The first-order valence-corrected chi connectivity index (χ1v) is 8.61. The minimum absolute atomic E-state index is 0.195. The quantitative estimate of drug-likeness (QED) is 0.576. The number of nitrogens with two attached hydrogens (primary N) is 1. The Bertz CT molecular complexity index is 890. The number of rotatable bonds is 5. The first-order chi connectivity index (χ1) is 12.5. The van der Waals surface area contributed by atoms with E-state index in [1.807, 2.05) is 30.3 Å². The Hall–Kier alpha value is -2.69. The topological polar surface area (TPSA) is 64.4 Å². The van der Waals surface area contributed by atoms with Crippen LogP contribution in [0.3, 0.4) is 0 Å². The number of halogens is 2. The van der Waals surface area contributed by atoms with E-state index in [9.17, 15) is 4.79 Å². The van der Waals surface area contributed by atoms with Crippen LogP contribution in [0.15, 0.2) is 66.7 Å². The molecule has 4 nitrogen and oxygen atoms in total. The van der Waals surface area contributed by atoms with Crippen LogP contribution in [-0.2, 0) is 6.61 Å². The molecule has 0 radical (unpaired) electrons. The normalized spacial score (nSPS) is 10.4. The molecule has 0 unspecified atom stereocenters. The predicted octanol–water partition coefficient (Wildman–Crippen LogP) is 5.41. The van der Waals surface area contributed by atoms with Gasteiger partial charge in [-0.25, -0.2) is 0 Å². The number of nitrogen functional groups attached to an aromatic ring is 1. The average molecular weight is 387 g/mol. The van der Waals surface area contributed by atoms with Crippen molar-refractivity contribution in [3.63, 3.8) is 0 Å². The van der Waals surface area contributed by atoms with Gasteiger partial charge in [-0.3, -0.25) is 4.79 Å². The molecule has 132 valence electrons. The summed E-state index contributed by atoms with van der Waals surface area (Å²) < 4.78 is 5.72. The maximum absolute atomic E-state index is 12.4. The fourth-order valence-electron chi connectivity index (χ4n) is 2.40. The number of ether oxygens (including phenoxy) is 1. The van der Waals surface area contributed by atoms with Crippen molar-refractivity contribution >= 4 is 40.5 Å². The third kappa shape index (κ3) is 4.48. The van der Waals surface area contributed by atoms with Crippen molar-refractivity contribution in [3.05, 3.63) is 87.9 Å². The van der Waals surface area contributed by atoms with Crippen LogP contribution in [0.2, 0.25) is 10.0 Å². The molecule has 0 fully saturated rings. The summed E-state index contributed by atoms with van der Waals surface area (Å²) in [5.41, 5.74) is 7.95. The summed E-state index contributed by atoms with van der Waals surface area (Å²) in [5, 5.41) is 3.34. The first-order valence-electron chi connectivity index (χ1n) is 7.85. The number of amides is 1. The van der Waals surface area contributed by atoms with Crippen molar-refractivity contribution < 1.29 is 9.53 Å². The second-order valence-corrected chi connectivity index (χ2v) is 6.45. The van der Waals surface area contributed by atoms with E-state index in [2.05, 4.69) is 5.32 Å². The molecule has 3 rings (SSSR count). The van der Waals surface area contributed by atoms with Gasteiger partial charge in [-0.15, -0.1) is 0 Å². The molecule has 0 spiro atoms. The molecule has 0 heterocycles. The highest BCUT2D eigenvalue weighted by Gasteiger charge is 2.15. The van der Waals surface area contributed by atoms with Crippen LogP contribution in [0.5, 0.6) is 5.75 Å². The Balaban J connectivity index is 1.65. The highest BCUT2D eigenvalue weighted by atomic mass is 35.5. The van der Waals surface area contributed by atoms with Crippen LogP contribution >= 0.6 is 23.2 Å². The SMILES string of the molecule is Nc1cc(Cl)cc(Cl)c1C(=O)Nc1ccc(OCc2ccccc2)cc1. The maximum atomic E-state index is 12.4. The average Bonchev–Trinajstić information content (AvgIpc) is 2.61. The smallest absolute Gasteiger partial charge is 0.259 e. The molecule has 1 amide bonds. The van der Waals surface area contributed by atoms with Crippen LogP contribution in [-0.4, -0.2) is 5.91 Å². The molecule has 3 N–H and O–H groups in total. The molecular weight excluding hydrogens is 371 g/mol. The monoisotopic (exact) mass is 386 g/mol. The van der Waals surface area contributed by atoms with E-state index in [0.717, 1.165) is 5.56 Å². The van der Waals surface area contributed by atoms with Crippen molar-refractivity contribution in [2.75, 3.05) is 11.1 Å². The second-order valence-electron chi connectivity index (χ2n) is 5.60. The van der Waals surface area contributed by atoms with E-state index in [4.69, 9.17) is 33.7 Å². The molecule has 6 heteroatoms. The van der Waals surface area contributed by atoms with E-state index in [1.165, 1.54) is 12.1 Å². The van der Waals surface area contributed by atoms with Crippen LogP contribution in [0.1, 0.15) is 15.9 Å².